The van der Waals surface area contributed by atoms with E-state index in [4.69, 9.17) is 28.9 Å². The summed E-state index contributed by atoms with van der Waals surface area (Å²) in [5, 5.41) is 0.922. The Balaban J connectivity index is 1.54. The van der Waals surface area contributed by atoms with E-state index in [0.717, 1.165) is 23.4 Å². The van der Waals surface area contributed by atoms with Crippen molar-refractivity contribution in [1.29, 1.82) is 0 Å². The predicted molar refractivity (Wildman–Crippen MR) is 160 cm³/mol. The van der Waals surface area contributed by atoms with Gasteiger partial charge in [0.25, 0.3) is 0 Å². The van der Waals surface area contributed by atoms with Crippen LogP contribution in [0.15, 0.2) is 36.4 Å². The van der Waals surface area contributed by atoms with Gasteiger partial charge < -0.3 is 20.4 Å². The zero-order valence-electron chi connectivity index (χ0n) is 23.1. The lowest BCUT2D eigenvalue weighted by molar-refractivity contribution is -0.144. The minimum absolute atomic E-state index is 0.0862. The minimum atomic E-state index is -4.47. The van der Waals surface area contributed by atoms with Gasteiger partial charge in [-0.15, -0.1) is 0 Å². The first-order chi connectivity index (χ1) is 19.3. The van der Waals surface area contributed by atoms with E-state index < -0.39 is 23.8 Å². The molecular formula is C29H35Cl2F3N4O2S. The zero-order valence-corrected chi connectivity index (χ0v) is 25.4. The van der Waals surface area contributed by atoms with E-state index in [-0.39, 0.29) is 24.2 Å². The van der Waals surface area contributed by atoms with E-state index in [1.807, 2.05) is 18.7 Å². The van der Waals surface area contributed by atoms with Crippen molar-refractivity contribution in [3.05, 3.63) is 63.1 Å². The van der Waals surface area contributed by atoms with E-state index in [0.29, 0.717) is 66.2 Å². The lowest BCUT2D eigenvalue weighted by Crippen LogP contribution is -2.58. The van der Waals surface area contributed by atoms with Crippen LogP contribution in [0.5, 0.6) is 0 Å². The maximum absolute atomic E-state index is 13.9. The normalized spacial score (nSPS) is 18.2. The third-order valence-corrected chi connectivity index (χ3v) is 9.03. The Labute approximate surface area is 253 Å². The van der Waals surface area contributed by atoms with Gasteiger partial charge in [-0.05, 0) is 53.8 Å². The van der Waals surface area contributed by atoms with E-state index in [9.17, 15) is 22.8 Å². The molecule has 2 saturated heterocycles. The topological polar surface area (TPSA) is 69.9 Å². The Morgan fingerprint density at radius 2 is 1.76 bits per heavy atom. The molecule has 2 unspecified atom stereocenters. The van der Waals surface area contributed by atoms with Gasteiger partial charge in [0, 0.05) is 66.7 Å². The summed E-state index contributed by atoms with van der Waals surface area (Å²) in [5.74, 6) is 1.02. The van der Waals surface area contributed by atoms with Crippen molar-refractivity contribution in [3.8, 4) is 0 Å². The Morgan fingerprint density at radius 3 is 2.37 bits per heavy atom. The van der Waals surface area contributed by atoms with Crippen LogP contribution in [0.3, 0.4) is 0 Å². The summed E-state index contributed by atoms with van der Waals surface area (Å²) in [6.07, 6.45) is -3.66. The monoisotopic (exact) mass is 630 g/mol. The van der Waals surface area contributed by atoms with Gasteiger partial charge >= 0.3 is 6.18 Å². The number of rotatable bonds is 8. The van der Waals surface area contributed by atoms with Gasteiger partial charge in [-0.1, -0.05) is 43.1 Å². The molecule has 0 aliphatic carbocycles. The van der Waals surface area contributed by atoms with Crippen molar-refractivity contribution < 1.29 is 22.8 Å². The number of benzene rings is 2. The van der Waals surface area contributed by atoms with Crippen LogP contribution in [0.4, 0.5) is 18.9 Å². The number of nitrogens with two attached hydrogens (primary N) is 1. The average Bonchev–Trinajstić information content (AvgIpc) is 2.92. The van der Waals surface area contributed by atoms with Gasteiger partial charge in [-0.25, -0.2) is 0 Å². The highest BCUT2D eigenvalue weighted by molar-refractivity contribution is 8.00. The Morgan fingerprint density at radius 1 is 1.05 bits per heavy atom. The number of alkyl halides is 3. The molecule has 0 aromatic heterocycles. The summed E-state index contributed by atoms with van der Waals surface area (Å²) < 4.78 is 40.6. The fraction of sp³-hybridized carbons (Fsp3) is 0.517. The first-order valence-electron chi connectivity index (χ1n) is 13.7. The van der Waals surface area contributed by atoms with Crippen LogP contribution in [-0.4, -0.2) is 71.9 Å². The highest BCUT2D eigenvalue weighted by Gasteiger charge is 2.37. The molecule has 0 bridgehead atoms. The van der Waals surface area contributed by atoms with Crippen LogP contribution in [0.2, 0.25) is 10.0 Å². The fourth-order valence-electron chi connectivity index (χ4n) is 5.42. The van der Waals surface area contributed by atoms with E-state index in [1.165, 1.54) is 6.07 Å². The predicted octanol–water partition coefficient (Wildman–Crippen LogP) is 5.89. The highest BCUT2D eigenvalue weighted by Crippen LogP contribution is 2.37. The molecule has 2 aliphatic rings. The van der Waals surface area contributed by atoms with Crippen molar-refractivity contribution in [2.45, 2.75) is 44.9 Å². The van der Waals surface area contributed by atoms with Crippen molar-refractivity contribution in [3.63, 3.8) is 0 Å². The van der Waals surface area contributed by atoms with Crippen molar-refractivity contribution in [2.24, 2.45) is 11.7 Å². The molecular weight excluding hydrogens is 596 g/mol. The summed E-state index contributed by atoms with van der Waals surface area (Å²) in [4.78, 5) is 32.1. The molecule has 12 heteroatoms. The number of piperazine rings is 1. The molecule has 2 fully saturated rings. The van der Waals surface area contributed by atoms with E-state index >= 15 is 0 Å². The molecule has 4 rings (SSSR count). The molecule has 41 heavy (non-hydrogen) atoms. The van der Waals surface area contributed by atoms with Gasteiger partial charge in [-0.3, -0.25) is 9.59 Å². The second kappa shape index (κ2) is 13.4. The van der Waals surface area contributed by atoms with Gasteiger partial charge in [0.1, 0.15) is 6.04 Å². The third-order valence-electron chi connectivity index (χ3n) is 7.52. The third kappa shape index (κ3) is 7.83. The van der Waals surface area contributed by atoms with E-state index in [2.05, 4.69) is 0 Å². The molecule has 2 aromatic rings. The number of carbonyl (C=O) groups excluding carboxylic acids is 2. The van der Waals surface area contributed by atoms with Gasteiger partial charge in [0.15, 0.2) is 0 Å². The number of anilines is 1. The van der Waals surface area contributed by atoms with Gasteiger partial charge in [0.05, 0.1) is 11.3 Å². The molecule has 0 saturated carbocycles. The second-order valence-electron chi connectivity index (χ2n) is 10.9. The van der Waals surface area contributed by atoms with Crippen LogP contribution in [0.1, 0.15) is 43.0 Å². The average molecular weight is 632 g/mol. The maximum Gasteiger partial charge on any atom is 0.416 e. The minimum Gasteiger partial charge on any atom is -0.368 e. The number of hydrogen-bond donors (Lipinski definition) is 1. The summed E-state index contributed by atoms with van der Waals surface area (Å²) in [5.41, 5.74) is 7.53. The number of carbonyl (C=O) groups is 2. The molecule has 2 N–H and O–H groups in total. The largest absolute Gasteiger partial charge is 0.416 e. The van der Waals surface area contributed by atoms with Crippen molar-refractivity contribution in [2.75, 3.05) is 49.1 Å². The Kier molecular flexibility index (Phi) is 10.4. The van der Waals surface area contributed by atoms with Crippen molar-refractivity contribution >= 4 is 52.5 Å². The van der Waals surface area contributed by atoms with Gasteiger partial charge in [-0.2, -0.15) is 24.9 Å². The molecule has 6 nitrogen and oxygen atoms in total. The zero-order chi connectivity index (χ0) is 29.9. The maximum atomic E-state index is 13.9. The molecule has 2 amide bonds. The number of halogens is 5. The molecule has 2 aliphatic heterocycles. The van der Waals surface area contributed by atoms with Crippen LogP contribution >= 0.6 is 35.0 Å². The van der Waals surface area contributed by atoms with Gasteiger partial charge in [0.2, 0.25) is 11.8 Å². The molecule has 0 radical (unpaired) electrons. The number of amides is 2. The molecule has 0 spiro atoms. The highest BCUT2D eigenvalue weighted by atomic mass is 35.5. The van der Waals surface area contributed by atoms with Crippen LogP contribution in [-0.2, 0) is 22.2 Å². The Bertz CT molecular complexity index is 1260. The standard InChI is InChI=1S/C29H35Cl2F3N4O2S/c1-18(2)13-24(35)22-15-20(29(32,33)34)4-6-25(22)36-7-9-37(10-8-36)28(40)26(38-11-12-41-17-27(38)39)14-19-3-5-21(30)16-23(19)31/h3-6,15-16,18,24,26H,7-14,17,35H2,1-2H3. The van der Waals surface area contributed by atoms with Crippen LogP contribution in [0, 0.1) is 5.92 Å². The Hall–Kier alpha value is -2.14. The summed E-state index contributed by atoms with van der Waals surface area (Å²) in [6, 6.07) is 7.58. The lowest BCUT2D eigenvalue weighted by Gasteiger charge is -2.41. The smallest absolute Gasteiger partial charge is 0.368 e. The van der Waals surface area contributed by atoms with Crippen LogP contribution < -0.4 is 10.6 Å². The summed E-state index contributed by atoms with van der Waals surface area (Å²) >= 11 is 14.0. The fourth-order valence-corrected chi connectivity index (χ4v) is 6.71. The molecule has 2 aromatic carbocycles. The molecule has 2 atom stereocenters. The van der Waals surface area contributed by atoms with Crippen molar-refractivity contribution in [1.82, 2.24) is 9.80 Å². The molecule has 224 valence electrons. The SMILES string of the molecule is CC(C)CC(N)c1cc(C(F)(F)F)ccc1N1CCN(C(=O)C(Cc2ccc(Cl)cc2Cl)N2CCSCC2=O)CC1. The number of hydrogen-bond acceptors (Lipinski definition) is 5. The summed E-state index contributed by atoms with van der Waals surface area (Å²) in [6.45, 7) is 6.01. The lowest BCUT2D eigenvalue weighted by atomic mass is 9.94. The first kappa shape index (κ1) is 31.8. The summed E-state index contributed by atoms with van der Waals surface area (Å²) in [7, 11) is 0. The number of thioether (sulfide) groups is 1. The first-order valence-corrected chi connectivity index (χ1v) is 15.6. The van der Waals surface area contributed by atoms with Crippen LogP contribution in [0.25, 0.3) is 0 Å². The van der Waals surface area contributed by atoms with E-state index in [1.54, 1.807) is 39.8 Å². The quantitative estimate of drug-likeness (QED) is 0.394. The number of nitrogens with zero attached hydrogens (tertiary/aromatic N) is 3. The second-order valence-corrected chi connectivity index (χ2v) is 12.9. The molecule has 2 heterocycles.